The van der Waals surface area contributed by atoms with E-state index in [9.17, 15) is 4.39 Å². The van der Waals surface area contributed by atoms with E-state index in [0.717, 1.165) is 11.1 Å². The summed E-state index contributed by atoms with van der Waals surface area (Å²) in [6.07, 6.45) is 0. The number of imidazole rings is 1. The van der Waals surface area contributed by atoms with Gasteiger partial charge in [0, 0.05) is 16.1 Å². The highest BCUT2D eigenvalue weighted by atomic mass is 35.5. The number of hydrogen-bond donors (Lipinski definition) is 1. The lowest BCUT2D eigenvalue weighted by Crippen LogP contribution is -2.10. The number of nitrogens with two attached hydrogens (primary N) is 1. The Morgan fingerprint density at radius 3 is 2.67 bits per heavy atom. The first-order valence-electron chi connectivity index (χ1n) is 6.35. The second kappa shape index (κ2) is 5.20. The highest BCUT2D eigenvalue weighted by Gasteiger charge is 2.18. The van der Waals surface area contributed by atoms with Crippen LogP contribution in [0.5, 0.6) is 0 Å². The minimum absolute atomic E-state index is 0.148. The first-order chi connectivity index (χ1) is 9.97. The molecule has 21 heavy (non-hydrogen) atoms. The van der Waals surface area contributed by atoms with Gasteiger partial charge in [0.2, 0.25) is 5.95 Å². The van der Waals surface area contributed by atoms with Crippen LogP contribution in [0.3, 0.4) is 0 Å². The Morgan fingerprint density at radius 2 is 1.95 bits per heavy atom. The minimum atomic E-state index is -0.343. The molecular formula is C15H12Cl2FN3. The van der Waals surface area contributed by atoms with Gasteiger partial charge in [-0.25, -0.2) is 9.37 Å². The maximum absolute atomic E-state index is 13.3. The summed E-state index contributed by atoms with van der Waals surface area (Å²) in [6, 6.07) is 9.57. The van der Waals surface area contributed by atoms with E-state index in [1.54, 1.807) is 18.2 Å². The Labute approximate surface area is 131 Å². The van der Waals surface area contributed by atoms with Crippen molar-refractivity contribution in [1.29, 1.82) is 0 Å². The highest BCUT2D eigenvalue weighted by molar-refractivity contribution is 6.35. The molecule has 0 bridgehead atoms. The summed E-state index contributed by atoms with van der Waals surface area (Å²) in [4.78, 5) is 4.20. The van der Waals surface area contributed by atoms with Crippen molar-refractivity contribution in [3.63, 3.8) is 0 Å². The average molecular weight is 324 g/mol. The normalized spacial score (nSPS) is 12.8. The molecule has 0 radical (unpaired) electrons. The van der Waals surface area contributed by atoms with E-state index in [1.807, 2.05) is 17.6 Å². The number of anilines is 1. The number of nitrogens with zero attached hydrogens (tertiary/aromatic N) is 2. The standard InChI is InChI=1S/C15H12Cl2FN3/c1-8(11-4-2-9(16)6-12(11)17)21-14-5-3-10(18)7-13(14)20-15(21)19/h2-8H,1H3,(H2,19,20). The van der Waals surface area contributed by atoms with Crippen LogP contribution in [0.1, 0.15) is 18.5 Å². The number of nitrogen functional groups attached to an aromatic ring is 1. The van der Waals surface area contributed by atoms with E-state index in [2.05, 4.69) is 4.98 Å². The fourth-order valence-corrected chi connectivity index (χ4v) is 3.04. The summed E-state index contributed by atoms with van der Waals surface area (Å²) in [5, 5.41) is 1.12. The predicted octanol–water partition coefficient (Wildman–Crippen LogP) is 4.67. The predicted molar refractivity (Wildman–Crippen MR) is 84.4 cm³/mol. The summed E-state index contributed by atoms with van der Waals surface area (Å²) in [5.74, 6) is -0.0292. The van der Waals surface area contributed by atoms with Crippen molar-refractivity contribution < 1.29 is 4.39 Å². The molecule has 0 amide bonds. The summed E-state index contributed by atoms with van der Waals surface area (Å²) < 4.78 is 15.1. The maximum atomic E-state index is 13.3. The smallest absolute Gasteiger partial charge is 0.201 e. The molecule has 0 aliphatic rings. The van der Waals surface area contributed by atoms with E-state index < -0.39 is 0 Å². The van der Waals surface area contributed by atoms with Crippen molar-refractivity contribution in [3.8, 4) is 0 Å². The third-order valence-electron chi connectivity index (χ3n) is 3.48. The molecule has 1 aromatic heterocycles. The van der Waals surface area contributed by atoms with E-state index in [1.165, 1.54) is 12.1 Å². The van der Waals surface area contributed by atoms with Gasteiger partial charge in [-0.3, -0.25) is 0 Å². The van der Waals surface area contributed by atoms with E-state index in [-0.39, 0.29) is 11.9 Å². The molecule has 2 aromatic carbocycles. The van der Waals surface area contributed by atoms with Gasteiger partial charge in [-0.05, 0) is 36.8 Å². The molecule has 3 aromatic rings. The number of hydrogen-bond acceptors (Lipinski definition) is 2. The summed E-state index contributed by atoms with van der Waals surface area (Å²) in [6.45, 7) is 1.95. The lowest BCUT2D eigenvalue weighted by atomic mass is 10.1. The van der Waals surface area contributed by atoms with Gasteiger partial charge in [0.1, 0.15) is 5.82 Å². The van der Waals surface area contributed by atoms with Gasteiger partial charge < -0.3 is 10.3 Å². The first-order valence-corrected chi connectivity index (χ1v) is 7.11. The van der Waals surface area contributed by atoms with Crippen LogP contribution in [0.4, 0.5) is 10.3 Å². The van der Waals surface area contributed by atoms with Gasteiger partial charge in [-0.1, -0.05) is 29.3 Å². The van der Waals surface area contributed by atoms with E-state index >= 15 is 0 Å². The second-order valence-electron chi connectivity index (χ2n) is 4.81. The van der Waals surface area contributed by atoms with Crippen LogP contribution in [0.15, 0.2) is 36.4 Å². The Kier molecular flexibility index (Phi) is 3.51. The van der Waals surface area contributed by atoms with Crippen LogP contribution in [0, 0.1) is 5.82 Å². The van der Waals surface area contributed by atoms with Crippen molar-refractivity contribution in [2.75, 3.05) is 5.73 Å². The molecule has 1 heterocycles. The summed E-state index contributed by atoms with van der Waals surface area (Å²) in [7, 11) is 0. The third kappa shape index (κ3) is 2.45. The van der Waals surface area contributed by atoms with Gasteiger partial charge in [0.15, 0.2) is 0 Å². The largest absolute Gasteiger partial charge is 0.369 e. The van der Waals surface area contributed by atoms with Crippen molar-refractivity contribution in [3.05, 3.63) is 57.8 Å². The second-order valence-corrected chi connectivity index (χ2v) is 5.66. The lowest BCUT2D eigenvalue weighted by Gasteiger charge is -2.18. The minimum Gasteiger partial charge on any atom is -0.369 e. The van der Waals surface area contributed by atoms with Crippen molar-refractivity contribution in [2.24, 2.45) is 0 Å². The number of rotatable bonds is 2. The zero-order chi connectivity index (χ0) is 15.1. The summed E-state index contributed by atoms with van der Waals surface area (Å²) in [5.41, 5.74) is 8.13. The molecule has 0 aliphatic carbocycles. The number of halogens is 3. The van der Waals surface area contributed by atoms with Crippen molar-refractivity contribution in [2.45, 2.75) is 13.0 Å². The Balaban J connectivity index is 2.17. The molecule has 3 nitrogen and oxygen atoms in total. The molecule has 0 saturated carbocycles. The molecule has 2 N–H and O–H groups in total. The third-order valence-corrected chi connectivity index (χ3v) is 4.04. The molecule has 1 atom stereocenters. The fraction of sp³-hybridized carbons (Fsp3) is 0.133. The zero-order valence-electron chi connectivity index (χ0n) is 11.1. The SMILES string of the molecule is CC(c1ccc(Cl)cc1Cl)n1c(N)nc2cc(F)ccc21. The molecule has 0 aliphatic heterocycles. The van der Waals surface area contributed by atoms with Gasteiger partial charge in [0.25, 0.3) is 0 Å². The fourth-order valence-electron chi connectivity index (χ4n) is 2.48. The number of benzene rings is 2. The van der Waals surface area contributed by atoms with Crippen LogP contribution in [-0.2, 0) is 0 Å². The first kappa shape index (κ1) is 14.2. The molecule has 0 saturated heterocycles. The highest BCUT2D eigenvalue weighted by Crippen LogP contribution is 2.32. The van der Waals surface area contributed by atoms with Crippen LogP contribution >= 0.6 is 23.2 Å². The van der Waals surface area contributed by atoms with Gasteiger partial charge in [-0.2, -0.15) is 0 Å². The summed E-state index contributed by atoms with van der Waals surface area (Å²) >= 11 is 12.2. The Morgan fingerprint density at radius 1 is 1.19 bits per heavy atom. The van der Waals surface area contributed by atoms with Crippen molar-refractivity contribution >= 4 is 40.2 Å². The van der Waals surface area contributed by atoms with Crippen LogP contribution < -0.4 is 5.73 Å². The van der Waals surface area contributed by atoms with Gasteiger partial charge in [0.05, 0.1) is 17.1 Å². The van der Waals surface area contributed by atoms with Gasteiger partial charge in [-0.15, -0.1) is 0 Å². The van der Waals surface area contributed by atoms with Crippen LogP contribution in [0.25, 0.3) is 11.0 Å². The van der Waals surface area contributed by atoms with Crippen LogP contribution in [-0.4, -0.2) is 9.55 Å². The van der Waals surface area contributed by atoms with Crippen molar-refractivity contribution in [1.82, 2.24) is 9.55 Å². The molecular weight excluding hydrogens is 312 g/mol. The Bertz CT molecular complexity index is 829. The quantitative estimate of drug-likeness (QED) is 0.744. The molecule has 0 spiro atoms. The van der Waals surface area contributed by atoms with E-state index in [4.69, 9.17) is 28.9 Å². The molecule has 6 heteroatoms. The topological polar surface area (TPSA) is 43.8 Å². The van der Waals surface area contributed by atoms with Gasteiger partial charge >= 0.3 is 0 Å². The number of aromatic nitrogens is 2. The molecule has 0 fully saturated rings. The average Bonchev–Trinajstić information content (AvgIpc) is 2.73. The lowest BCUT2D eigenvalue weighted by molar-refractivity contribution is 0.628. The zero-order valence-corrected chi connectivity index (χ0v) is 12.7. The molecule has 3 rings (SSSR count). The Hall–Kier alpha value is -1.78. The van der Waals surface area contributed by atoms with E-state index in [0.29, 0.717) is 21.5 Å². The monoisotopic (exact) mass is 323 g/mol. The molecule has 1 unspecified atom stereocenters. The van der Waals surface area contributed by atoms with Crippen LogP contribution in [0.2, 0.25) is 10.0 Å². The maximum Gasteiger partial charge on any atom is 0.201 e. The molecule has 108 valence electrons. The number of fused-ring (bicyclic) bond motifs is 1.